The highest BCUT2D eigenvalue weighted by atomic mass is 32.2. The summed E-state index contributed by atoms with van der Waals surface area (Å²) in [5, 5.41) is 3.44. The summed E-state index contributed by atoms with van der Waals surface area (Å²) in [7, 11) is 0. The average Bonchev–Trinajstić information content (AvgIpc) is 2.32. The minimum absolute atomic E-state index is 0.152. The molecule has 0 fully saturated rings. The number of aryl methyl sites for hydroxylation is 1. The minimum atomic E-state index is -0.487. The second-order valence-corrected chi connectivity index (χ2v) is 6.10. The summed E-state index contributed by atoms with van der Waals surface area (Å²) in [6.07, 6.45) is 1.15. The average molecular weight is 266 g/mol. The third-order valence-corrected chi connectivity index (χ3v) is 4.04. The van der Waals surface area contributed by atoms with Crippen LogP contribution in [-0.2, 0) is 4.79 Å². The molecular weight excluding hydrogens is 244 g/mol. The van der Waals surface area contributed by atoms with Gasteiger partial charge in [0.25, 0.3) is 0 Å². The number of benzene rings is 1. The maximum atomic E-state index is 11.5. The van der Waals surface area contributed by atoms with E-state index in [0.717, 1.165) is 17.7 Å². The van der Waals surface area contributed by atoms with Crippen molar-refractivity contribution in [3.8, 4) is 0 Å². The highest BCUT2D eigenvalue weighted by Crippen LogP contribution is 2.28. The van der Waals surface area contributed by atoms with Crippen molar-refractivity contribution in [2.45, 2.75) is 50.3 Å². The molecule has 0 saturated carbocycles. The van der Waals surface area contributed by atoms with Crippen molar-refractivity contribution < 1.29 is 4.79 Å². The molecule has 0 aliphatic heterocycles. The Labute approximate surface area is 114 Å². The number of hydrogen-bond acceptors (Lipinski definition) is 3. The normalized spacial score (nSPS) is 14.1. The summed E-state index contributed by atoms with van der Waals surface area (Å²) in [5.74, 6) is -0.152. The Morgan fingerprint density at radius 1 is 1.44 bits per heavy atom. The Bertz CT molecular complexity index is 418. The van der Waals surface area contributed by atoms with Gasteiger partial charge in [0, 0.05) is 15.8 Å². The van der Waals surface area contributed by atoms with Crippen LogP contribution in [0.15, 0.2) is 23.1 Å². The summed E-state index contributed by atoms with van der Waals surface area (Å²) < 4.78 is 0. The molecule has 0 aliphatic carbocycles. The molecule has 0 radical (unpaired) electrons. The van der Waals surface area contributed by atoms with Crippen molar-refractivity contribution in [1.82, 2.24) is 0 Å². The van der Waals surface area contributed by atoms with Crippen LogP contribution in [0.3, 0.4) is 0 Å². The van der Waals surface area contributed by atoms with Gasteiger partial charge in [-0.15, -0.1) is 11.8 Å². The van der Waals surface area contributed by atoms with Gasteiger partial charge in [0.1, 0.15) is 0 Å². The third-order valence-electron chi connectivity index (χ3n) is 2.78. The quantitative estimate of drug-likeness (QED) is 0.805. The Morgan fingerprint density at radius 3 is 2.61 bits per heavy atom. The molecule has 0 heterocycles. The number of thioether (sulfide) groups is 1. The van der Waals surface area contributed by atoms with Crippen LogP contribution in [0.1, 0.15) is 32.8 Å². The van der Waals surface area contributed by atoms with E-state index >= 15 is 0 Å². The SMILES string of the molecule is CCC(C)Sc1ccc(NC(=O)[C@@H](C)N)c(C)c1. The zero-order valence-corrected chi connectivity index (χ0v) is 12.3. The van der Waals surface area contributed by atoms with Crippen molar-refractivity contribution >= 4 is 23.4 Å². The molecule has 1 aromatic rings. The first-order valence-corrected chi connectivity index (χ1v) is 7.15. The number of nitrogens with one attached hydrogen (secondary N) is 1. The molecule has 2 atom stereocenters. The number of nitrogens with two attached hydrogens (primary N) is 1. The first kappa shape index (κ1) is 15.1. The Hall–Kier alpha value is -1.00. The van der Waals surface area contributed by atoms with Gasteiger partial charge in [-0.1, -0.05) is 13.8 Å². The van der Waals surface area contributed by atoms with Gasteiger partial charge in [0.05, 0.1) is 6.04 Å². The van der Waals surface area contributed by atoms with E-state index in [4.69, 9.17) is 5.73 Å². The molecule has 1 aromatic carbocycles. The molecule has 1 rings (SSSR count). The fourth-order valence-corrected chi connectivity index (χ4v) is 2.43. The fourth-order valence-electron chi connectivity index (χ4n) is 1.41. The van der Waals surface area contributed by atoms with Crippen LogP contribution < -0.4 is 11.1 Å². The molecule has 3 nitrogen and oxygen atoms in total. The van der Waals surface area contributed by atoms with Crippen LogP contribution in [-0.4, -0.2) is 17.2 Å². The van der Waals surface area contributed by atoms with Gasteiger partial charge < -0.3 is 11.1 Å². The van der Waals surface area contributed by atoms with Gasteiger partial charge in [-0.2, -0.15) is 0 Å². The zero-order chi connectivity index (χ0) is 13.7. The van der Waals surface area contributed by atoms with Crippen molar-refractivity contribution in [1.29, 1.82) is 0 Å². The Morgan fingerprint density at radius 2 is 2.11 bits per heavy atom. The second-order valence-electron chi connectivity index (χ2n) is 4.59. The molecule has 1 unspecified atom stereocenters. The summed E-state index contributed by atoms with van der Waals surface area (Å²) in [5.41, 5.74) is 7.44. The van der Waals surface area contributed by atoms with Crippen LogP contribution in [0.2, 0.25) is 0 Å². The zero-order valence-electron chi connectivity index (χ0n) is 11.5. The second kappa shape index (κ2) is 6.81. The van der Waals surface area contributed by atoms with E-state index < -0.39 is 6.04 Å². The Kier molecular flexibility index (Phi) is 5.69. The van der Waals surface area contributed by atoms with E-state index in [1.165, 1.54) is 4.90 Å². The smallest absolute Gasteiger partial charge is 0.241 e. The molecule has 0 saturated heterocycles. The molecule has 3 N–H and O–H groups in total. The lowest BCUT2D eigenvalue weighted by Gasteiger charge is -2.13. The minimum Gasteiger partial charge on any atom is -0.325 e. The highest BCUT2D eigenvalue weighted by Gasteiger charge is 2.10. The predicted molar refractivity (Wildman–Crippen MR) is 79.1 cm³/mol. The fraction of sp³-hybridized carbons (Fsp3) is 0.500. The van der Waals surface area contributed by atoms with Crippen molar-refractivity contribution in [2.24, 2.45) is 5.73 Å². The van der Waals surface area contributed by atoms with Crippen LogP contribution >= 0.6 is 11.8 Å². The van der Waals surface area contributed by atoms with Crippen molar-refractivity contribution in [3.05, 3.63) is 23.8 Å². The van der Waals surface area contributed by atoms with Gasteiger partial charge >= 0.3 is 0 Å². The number of rotatable bonds is 5. The van der Waals surface area contributed by atoms with Crippen LogP contribution in [0.5, 0.6) is 0 Å². The van der Waals surface area contributed by atoms with Crippen molar-refractivity contribution in [3.63, 3.8) is 0 Å². The molecule has 4 heteroatoms. The maximum absolute atomic E-state index is 11.5. The first-order chi connectivity index (χ1) is 8.43. The number of hydrogen-bond donors (Lipinski definition) is 2. The standard InChI is InChI=1S/C14H22N2OS/c1-5-10(3)18-12-6-7-13(9(2)8-12)16-14(17)11(4)15/h6-8,10-11H,5,15H2,1-4H3,(H,16,17)/t10?,11-/m1/s1. The highest BCUT2D eigenvalue weighted by molar-refractivity contribution is 7.99. The summed E-state index contributed by atoms with van der Waals surface area (Å²) in [6, 6.07) is 5.60. The van der Waals surface area contributed by atoms with Gasteiger partial charge in [-0.25, -0.2) is 0 Å². The molecule has 18 heavy (non-hydrogen) atoms. The van der Waals surface area contributed by atoms with Gasteiger partial charge in [0.2, 0.25) is 5.91 Å². The lowest BCUT2D eigenvalue weighted by atomic mass is 10.2. The molecule has 100 valence electrons. The number of anilines is 1. The van der Waals surface area contributed by atoms with Crippen LogP contribution in [0, 0.1) is 6.92 Å². The molecule has 0 spiro atoms. The van der Waals surface area contributed by atoms with E-state index in [-0.39, 0.29) is 5.91 Å². The van der Waals surface area contributed by atoms with Gasteiger partial charge in [-0.05, 0) is 44.0 Å². The first-order valence-electron chi connectivity index (χ1n) is 6.27. The number of carbonyl (C=O) groups excluding carboxylic acids is 1. The molecule has 0 bridgehead atoms. The lowest BCUT2D eigenvalue weighted by Crippen LogP contribution is -2.32. The number of carbonyl (C=O) groups is 1. The van der Waals surface area contributed by atoms with E-state index in [0.29, 0.717) is 5.25 Å². The summed E-state index contributed by atoms with van der Waals surface area (Å²) in [4.78, 5) is 12.8. The van der Waals surface area contributed by atoms with E-state index in [1.54, 1.807) is 6.92 Å². The lowest BCUT2D eigenvalue weighted by molar-refractivity contribution is -0.117. The largest absolute Gasteiger partial charge is 0.325 e. The summed E-state index contributed by atoms with van der Waals surface area (Å²) in [6.45, 7) is 8.07. The molecule has 0 aliphatic rings. The maximum Gasteiger partial charge on any atom is 0.241 e. The van der Waals surface area contributed by atoms with Gasteiger partial charge in [-0.3, -0.25) is 4.79 Å². The van der Waals surface area contributed by atoms with E-state index in [2.05, 4.69) is 25.2 Å². The monoisotopic (exact) mass is 266 g/mol. The molecular formula is C14H22N2OS. The van der Waals surface area contributed by atoms with E-state index in [9.17, 15) is 4.79 Å². The van der Waals surface area contributed by atoms with Crippen molar-refractivity contribution in [2.75, 3.05) is 5.32 Å². The van der Waals surface area contributed by atoms with E-state index in [1.807, 2.05) is 30.8 Å². The topological polar surface area (TPSA) is 55.1 Å². The summed E-state index contributed by atoms with van der Waals surface area (Å²) >= 11 is 1.85. The van der Waals surface area contributed by atoms with Crippen LogP contribution in [0.25, 0.3) is 0 Å². The van der Waals surface area contributed by atoms with Crippen LogP contribution in [0.4, 0.5) is 5.69 Å². The van der Waals surface area contributed by atoms with Gasteiger partial charge in [0.15, 0.2) is 0 Å². The molecule has 1 amide bonds. The third kappa shape index (κ3) is 4.35. The predicted octanol–water partition coefficient (Wildman–Crippen LogP) is 3.17. The Balaban J connectivity index is 2.76. The number of amides is 1. The molecule has 0 aromatic heterocycles.